The molecule has 2 nitrogen and oxygen atoms in total. The molecule has 2 heterocycles. The summed E-state index contributed by atoms with van der Waals surface area (Å²) in [6, 6.07) is 5.36. The Morgan fingerprint density at radius 1 is 1.30 bits per heavy atom. The number of hydrogen-bond acceptors (Lipinski definition) is 3. The Morgan fingerprint density at radius 2 is 2.05 bits per heavy atom. The topological polar surface area (TPSA) is 15.3 Å². The Kier molecular flexibility index (Phi) is 6.06. The third-order valence-corrected chi connectivity index (χ3v) is 5.27. The van der Waals surface area contributed by atoms with Crippen molar-refractivity contribution >= 4 is 11.3 Å². The van der Waals surface area contributed by atoms with Crippen molar-refractivity contribution in [2.24, 2.45) is 11.8 Å². The predicted molar refractivity (Wildman–Crippen MR) is 89.1 cm³/mol. The fraction of sp³-hybridized carbons (Fsp3) is 0.765. The van der Waals surface area contributed by atoms with E-state index in [1.807, 2.05) is 11.3 Å². The van der Waals surface area contributed by atoms with Crippen molar-refractivity contribution < 1.29 is 0 Å². The van der Waals surface area contributed by atoms with Crippen LogP contribution in [0.25, 0.3) is 0 Å². The fourth-order valence-corrected chi connectivity index (χ4v) is 3.99. The summed E-state index contributed by atoms with van der Waals surface area (Å²) in [4.78, 5) is 5.64. The van der Waals surface area contributed by atoms with Crippen LogP contribution < -0.4 is 5.32 Å². The van der Waals surface area contributed by atoms with Crippen molar-refractivity contribution in [1.82, 2.24) is 10.2 Å². The maximum absolute atomic E-state index is 3.53. The second kappa shape index (κ2) is 7.58. The van der Waals surface area contributed by atoms with Crippen LogP contribution in [0.3, 0.4) is 0 Å². The monoisotopic (exact) mass is 294 g/mol. The molecule has 3 heteroatoms. The van der Waals surface area contributed by atoms with E-state index < -0.39 is 0 Å². The molecular weight excluding hydrogens is 264 g/mol. The zero-order chi connectivity index (χ0) is 14.5. The first-order chi connectivity index (χ1) is 9.54. The van der Waals surface area contributed by atoms with E-state index in [9.17, 15) is 0 Å². The first-order valence-corrected chi connectivity index (χ1v) is 8.88. The highest BCUT2D eigenvalue weighted by atomic mass is 32.1. The molecule has 1 aromatic heterocycles. The highest BCUT2D eigenvalue weighted by Gasteiger charge is 2.22. The van der Waals surface area contributed by atoms with E-state index in [2.05, 4.69) is 50.0 Å². The first-order valence-electron chi connectivity index (χ1n) is 8.07. The molecule has 0 aliphatic carbocycles. The quantitative estimate of drug-likeness (QED) is 0.849. The number of nitrogens with zero attached hydrogens (tertiary/aromatic N) is 1. The van der Waals surface area contributed by atoms with Gasteiger partial charge in [0.2, 0.25) is 0 Å². The molecule has 2 rings (SSSR count). The number of piperidine rings is 1. The van der Waals surface area contributed by atoms with Crippen LogP contribution in [0.1, 0.15) is 50.3 Å². The molecule has 1 aromatic rings. The number of nitrogens with one attached hydrogen (secondary N) is 1. The Labute approximate surface area is 128 Å². The molecular formula is C17H30N2S. The molecule has 0 spiro atoms. The van der Waals surface area contributed by atoms with E-state index in [0.717, 1.165) is 37.5 Å². The normalized spacial score (nSPS) is 24.4. The van der Waals surface area contributed by atoms with E-state index in [1.54, 1.807) is 0 Å². The molecule has 0 bridgehead atoms. The Balaban J connectivity index is 1.80. The zero-order valence-electron chi connectivity index (χ0n) is 13.5. The smallest absolute Gasteiger partial charge is 0.0330 e. The van der Waals surface area contributed by atoms with Crippen molar-refractivity contribution in [2.75, 3.05) is 13.1 Å². The van der Waals surface area contributed by atoms with Gasteiger partial charge in [0.1, 0.15) is 0 Å². The summed E-state index contributed by atoms with van der Waals surface area (Å²) < 4.78 is 0. The van der Waals surface area contributed by atoms with Crippen LogP contribution in [0.15, 0.2) is 12.1 Å². The van der Waals surface area contributed by atoms with Gasteiger partial charge in [-0.2, -0.15) is 0 Å². The molecule has 1 N–H and O–H groups in total. The van der Waals surface area contributed by atoms with Crippen LogP contribution in [0.2, 0.25) is 0 Å². The number of likely N-dealkylation sites (tertiary alicyclic amines) is 1. The molecule has 1 saturated heterocycles. The standard InChI is InChI=1S/C17H30N2S/c1-13(2)10-18-11-16-5-6-17(20-16)12-19-8-7-14(3)9-15(19)4/h5-6,13-15,18H,7-12H2,1-4H3. The Bertz CT molecular complexity index is 399. The second-order valence-corrected chi connectivity index (χ2v) is 8.09. The van der Waals surface area contributed by atoms with Crippen LogP contribution in [0.5, 0.6) is 0 Å². The second-order valence-electron chi connectivity index (χ2n) is 6.84. The van der Waals surface area contributed by atoms with Crippen LogP contribution in [0.4, 0.5) is 0 Å². The maximum Gasteiger partial charge on any atom is 0.0330 e. The molecule has 0 radical (unpaired) electrons. The van der Waals surface area contributed by atoms with Gasteiger partial charge in [0.25, 0.3) is 0 Å². The van der Waals surface area contributed by atoms with Gasteiger partial charge in [0, 0.05) is 28.9 Å². The lowest BCUT2D eigenvalue weighted by atomic mass is 9.93. The lowest BCUT2D eigenvalue weighted by Gasteiger charge is -2.36. The zero-order valence-corrected chi connectivity index (χ0v) is 14.3. The van der Waals surface area contributed by atoms with Gasteiger partial charge in [0.05, 0.1) is 0 Å². The molecule has 114 valence electrons. The van der Waals surface area contributed by atoms with Crippen molar-refractivity contribution in [1.29, 1.82) is 0 Å². The SMILES string of the molecule is CC(C)CNCc1ccc(CN2CCC(C)CC2C)s1. The maximum atomic E-state index is 3.53. The van der Waals surface area contributed by atoms with E-state index in [1.165, 1.54) is 29.1 Å². The summed E-state index contributed by atoms with van der Waals surface area (Å²) in [5.74, 6) is 1.63. The molecule has 2 atom stereocenters. The molecule has 20 heavy (non-hydrogen) atoms. The minimum absolute atomic E-state index is 0.727. The van der Waals surface area contributed by atoms with Gasteiger partial charge in [-0.25, -0.2) is 0 Å². The largest absolute Gasteiger partial charge is 0.312 e. The summed E-state index contributed by atoms with van der Waals surface area (Å²) >= 11 is 1.98. The van der Waals surface area contributed by atoms with Crippen molar-refractivity contribution in [2.45, 2.75) is 59.7 Å². The van der Waals surface area contributed by atoms with Crippen molar-refractivity contribution in [3.63, 3.8) is 0 Å². The van der Waals surface area contributed by atoms with Gasteiger partial charge in [-0.1, -0.05) is 20.8 Å². The minimum Gasteiger partial charge on any atom is -0.312 e. The predicted octanol–water partition coefficient (Wildman–Crippen LogP) is 4.11. The van der Waals surface area contributed by atoms with E-state index >= 15 is 0 Å². The average molecular weight is 295 g/mol. The van der Waals surface area contributed by atoms with E-state index in [-0.39, 0.29) is 0 Å². The lowest BCUT2D eigenvalue weighted by molar-refractivity contribution is 0.123. The molecule has 1 fully saturated rings. The minimum atomic E-state index is 0.727. The third-order valence-electron chi connectivity index (χ3n) is 4.20. The third kappa shape index (κ3) is 4.87. The summed E-state index contributed by atoms with van der Waals surface area (Å²) in [5.41, 5.74) is 0. The Hall–Kier alpha value is -0.380. The fourth-order valence-electron chi connectivity index (χ4n) is 2.98. The summed E-state index contributed by atoms with van der Waals surface area (Å²) in [6.07, 6.45) is 2.71. The molecule has 0 aromatic carbocycles. The van der Waals surface area contributed by atoms with Crippen molar-refractivity contribution in [3.05, 3.63) is 21.9 Å². The van der Waals surface area contributed by atoms with Crippen LogP contribution in [-0.4, -0.2) is 24.0 Å². The summed E-state index contributed by atoms with van der Waals surface area (Å²) in [6.45, 7) is 13.8. The number of thiophene rings is 1. The van der Waals surface area contributed by atoms with E-state index in [4.69, 9.17) is 0 Å². The number of rotatable bonds is 6. The lowest BCUT2D eigenvalue weighted by Crippen LogP contribution is -2.39. The van der Waals surface area contributed by atoms with Gasteiger partial charge in [0.15, 0.2) is 0 Å². The highest BCUT2D eigenvalue weighted by molar-refractivity contribution is 7.11. The molecule has 0 amide bonds. The van der Waals surface area contributed by atoms with Gasteiger partial charge in [-0.15, -0.1) is 11.3 Å². The van der Waals surface area contributed by atoms with E-state index in [0.29, 0.717) is 0 Å². The van der Waals surface area contributed by atoms with Crippen molar-refractivity contribution in [3.8, 4) is 0 Å². The first kappa shape index (κ1) is 16.0. The summed E-state index contributed by atoms with van der Waals surface area (Å²) in [7, 11) is 0. The molecule has 1 aliphatic heterocycles. The highest BCUT2D eigenvalue weighted by Crippen LogP contribution is 2.26. The molecule has 1 aliphatic rings. The molecule has 0 saturated carbocycles. The van der Waals surface area contributed by atoms with Gasteiger partial charge in [-0.3, -0.25) is 4.90 Å². The molecule has 2 unspecified atom stereocenters. The van der Waals surface area contributed by atoms with Crippen LogP contribution in [0, 0.1) is 11.8 Å². The average Bonchev–Trinajstić information content (AvgIpc) is 2.80. The van der Waals surface area contributed by atoms with Gasteiger partial charge in [-0.05, 0) is 56.8 Å². The van der Waals surface area contributed by atoms with Crippen LogP contribution >= 0.6 is 11.3 Å². The van der Waals surface area contributed by atoms with Gasteiger partial charge >= 0.3 is 0 Å². The summed E-state index contributed by atoms with van der Waals surface area (Å²) in [5, 5.41) is 3.53. The Morgan fingerprint density at radius 3 is 2.75 bits per heavy atom. The van der Waals surface area contributed by atoms with Gasteiger partial charge < -0.3 is 5.32 Å². The van der Waals surface area contributed by atoms with Crippen LogP contribution in [-0.2, 0) is 13.1 Å². The number of hydrogen-bond donors (Lipinski definition) is 1.